The summed E-state index contributed by atoms with van der Waals surface area (Å²) in [6.07, 6.45) is 0. The maximum absolute atomic E-state index is 11.6. The summed E-state index contributed by atoms with van der Waals surface area (Å²) in [4.78, 5) is 34.1. The standard InChI is InChI=1S/C14H12O6/c1-8(15)11-5-9-3-4-10(19-13(16)7-18-2)6-12(9)20-14(11)17/h3-6H,7H2,1-2H3. The van der Waals surface area contributed by atoms with Crippen molar-refractivity contribution in [1.29, 1.82) is 0 Å². The number of ketones is 1. The maximum atomic E-state index is 11.6. The Kier molecular flexibility index (Phi) is 3.95. The lowest BCUT2D eigenvalue weighted by Gasteiger charge is -2.05. The third kappa shape index (κ3) is 2.92. The van der Waals surface area contributed by atoms with Crippen LogP contribution in [-0.2, 0) is 9.53 Å². The molecule has 0 saturated carbocycles. The first kappa shape index (κ1) is 14.0. The van der Waals surface area contributed by atoms with Gasteiger partial charge in [-0.1, -0.05) is 0 Å². The van der Waals surface area contributed by atoms with Gasteiger partial charge in [0.05, 0.1) is 0 Å². The first-order valence-electron chi connectivity index (χ1n) is 5.79. The highest BCUT2D eigenvalue weighted by Gasteiger charge is 2.11. The molecule has 1 heterocycles. The van der Waals surface area contributed by atoms with E-state index in [0.29, 0.717) is 5.39 Å². The van der Waals surface area contributed by atoms with Crippen molar-refractivity contribution in [2.45, 2.75) is 6.92 Å². The van der Waals surface area contributed by atoms with Crippen LogP contribution in [-0.4, -0.2) is 25.5 Å². The van der Waals surface area contributed by atoms with Gasteiger partial charge < -0.3 is 13.9 Å². The summed E-state index contributed by atoms with van der Waals surface area (Å²) in [5.74, 6) is -0.691. The molecule has 0 amide bonds. The molecule has 0 N–H and O–H groups in total. The Morgan fingerprint density at radius 2 is 2.00 bits per heavy atom. The summed E-state index contributed by atoms with van der Waals surface area (Å²) in [7, 11) is 1.38. The number of esters is 1. The van der Waals surface area contributed by atoms with Crippen LogP contribution in [0.2, 0.25) is 0 Å². The SMILES string of the molecule is COCC(=O)Oc1ccc2cc(C(C)=O)c(=O)oc2c1. The Bertz CT molecular complexity index is 728. The minimum atomic E-state index is -0.717. The number of carbonyl (C=O) groups excluding carboxylic acids is 2. The molecule has 2 rings (SSSR count). The zero-order valence-electron chi connectivity index (χ0n) is 11.0. The van der Waals surface area contributed by atoms with Gasteiger partial charge in [0.25, 0.3) is 0 Å². The lowest BCUT2D eigenvalue weighted by Crippen LogP contribution is -2.14. The smallest absolute Gasteiger partial charge is 0.347 e. The number of Topliss-reactive ketones (excluding diaryl/α,β-unsaturated/α-hetero) is 1. The molecular formula is C14H12O6. The minimum absolute atomic E-state index is 0.0124. The van der Waals surface area contributed by atoms with E-state index in [1.54, 1.807) is 12.1 Å². The highest BCUT2D eigenvalue weighted by Crippen LogP contribution is 2.20. The Hall–Kier alpha value is -2.47. The number of methoxy groups -OCH3 is 1. The number of benzene rings is 1. The van der Waals surface area contributed by atoms with Gasteiger partial charge in [0.1, 0.15) is 23.5 Å². The van der Waals surface area contributed by atoms with Crippen molar-refractivity contribution in [3.05, 3.63) is 40.2 Å². The van der Waals surface area contributed by atoms with Crippen molar-refractivity contribution in [2.75, 3.05) is 13.7 Å². The van der Waals surface area contributed by atoms with Gasteiger partial charge >= 0.3 is 11.6 Å². The zero-order valence-corrected chi connectivity index (χ0v) is 11.0. The zero-order chi connectivity index (χ0) is 14.7. The number of carbonyl (C=O) groups is 2. The van der Waals surface area contributed by atoms with Crippen molar-refractivity contribution in [1.82, 2.24) is 0 Å². The van der Waals surface area contributed by atoms with Crippen LogP contribution in [0.4, 0.5) is 0 Å². The fourth-order valence-electron chi connectivity index (χ4n) is 1.68. The van der Waals surface area contributed by atoms with Crippen molar-refractivity contribution in [3.63, 3.8) is 0 Å². The van der Waals surface area contributed by atoms with Crippen LogP contribution in [0.15, 0.2) is 33.5 Å². The molecule has 104 valence electrons. The van der Waals surface area contributed by atoms with E-state index in [0.717, 1.165) is 0 Å². The van der Waals surface area contributed by atoms with Crippen molar-refractivity contribution < 1.29 is 23.5 Å². The van der Waals surface area contributed by atoms with E-state index >= 15 is 0 Å². The quantitative estimate of drug-likeness (QED) is 0.364. The average Bonchev–Trinajstić information content (AvgIpc) is 2.37. The molecule has 20 heavy (non-hydrogen) atoms. The first-order chi connectivity index (χ1) is 9.51. The van der Waals surface area contributed by atoms with Crippen LogP contribution >= 0.6 is 0 Å². The molecule has 0 saturated heterocycles. The monoisotopic (exact) mass is 276 g/mol. The Morgan fingerprint density at radius 1 is 1.25 bits per heavy atom. The average molecular weight is 276 g/mol. The van der Waals surface area contributed by atoms with E-state index in [4.69, 9.17) is 9.15 Å². The molecule has 0 spiro atoms. The van der Waals surface area contributed by atoms with Crippen LogP contribution in [0.3, 0.4) is 0 Å². The lowest BCUT2D eigenvalue weighted by atomic mass is 10.1. The molecule has 0 aliphatic rings. The molecule has 0 unspecified atom stereocenters. The van der Waals surface area contributed by atoms with Crippen molar-refractivity contribution in [2.24, 2.45) is 0 Å². The molecule has 0 bridgehead atoms. The highest BCUT2D eigenvalue weighted by molar-refractivity contribution is 5.96. The molecule has 6 nitrogen and oxygen atoms in total. The molecule has 1 aromatic carbocycles. The fourth-order valence-corrected chi connectivity index (χ4v) is 1.68. The van der Waals surface area contributed by atoms with E-state index in [2.05, 4.69) is 4.74 Å². The van der Waals surface area contributed by atoms with Crippen LogP contribution in [0.5, 0.6) is 5.75 Å². The Morgan fingerprint density at radius 3 is 2.65 bits per heavy atom. The van der Waals surface area contributed by atoms with Gasteiger partial charge in [0, 0.05) is 18.6 Å². The molecule has 2 aromatic rings. The molecule has 0 atom stereocenters. The van der Waals surface area contributed by atoms with Gasteiger partial charge in [0.15, 0.2) is 5.78 Å². The van der Waals surface area contributed by atoms with E-state index in [-0.39, 0.29) is 29.3 Å². The number of hydrogen-bond acceptors (Lipinski definition) is 6. The van der Waals surface area contributed by atoms with Crippen molar-refractivity contribution in [3.8, 4) is 5.75 Å². The number of ether oxygens (including phenoxy) is 2. The summed E-state index contributed by atoms with van der Waals surface area (Å²) < 4.78 is 14.7. The molecule has 0 radical (unpaired) electrons. The predicted molar refractivity (Wildman–Crippen MR) is 70.0 cm³/mol. The van der Waals surface area contributed by atoms with Gasteiger partial charge in [-0.25, -0.2) is 9.59 Å². The van der Waals surface area contributed by atoms with Gasteiger partial charge in [-0.2, -0.15) is 0 Å². The van der Waals surface area contributed by atoms with Gasteiger partial charge in [-0.3, -0.25) is 4.79 Å². The molecule has 0 fully saturated rings. The summed E-state index contributed by atoms with van der Waals surface area (Å²) in [5.41, 5.74) is -0.491. The van der Waals surface area contributed by atoms with Crippen LogP contribution < -0.4 is 10.4 Å². The van der Waals surface area contributed by atoms with E-state index < -0.39 is 11.6 Å². The second-order valence-electron chi connectivity index (χ2n) is 4.11. The van der Waals surface area contributed by atoms with Gasteiger partial charge in [0.2, 0.25) is 0 Å². The second kappa shape index (κ2) is 5.66. The molecule has 0 aliphatic carbocycles. The van der Waals surface area contributed by atoms with Crippen LogP contribution in [0, 0.1) is 0 Å². The number of fused-ring (bicyclic) bond motifs is 1. The fraction of sp³-hybridized carbons (Fsp3) is 0.214. The van der Waals surface area contributed by atoms with Crippen molar-refractivity contribution >= 4 is 22.7 Å². The Labute approximate surface area is 113 Å². The summed E-state index contributed by atoms with van der Waals surface area (Å²) >= 11 is 0. The maximum Gasteiger partial charge on any atom is 0.347 e. The third-order valence-electron chi connectivity index (χ3n) is 2.58. The highest BCUT2D eigenvalue weighted by atomic mass is 16.6. The molecule has 0 aliphatic heterocycles. The first-order valence-corrected chi connectivity index (χ1v) is 5.79. The topological polar surface area (TPSA) is 82.8 Å². The summed E-state index contributed by atoms with van der Waals surface area (Å²) in [6, 6.07) is 6.00. The van der Waals surface area contributed by atoms with Gasteiger partial charge in [-0.05, 0) is 25.1 Å². The summed E-state index contributed by atoms with van der Waals surface area (Å²) in [6.45, 7) is 1.12. The second-order valence-corrected chi connectivity index (χ2v) is 4.11. The Balaban J connectivity index is 2.40. The lowest BCUT2D eigenvalue weighted by molar-refractivity contribution is -0.138. The van der Waals surface area contributed by atoms with E-state index in [1.165, 1.54) is 26.2 Å². The summed E-state index contributed by atoms with van der Waals surface area (Å²) in [5, 5.41) is 0.571. The van der Waals surface area contributed by atoms with E-state index in [1.807, 2.05) is 0 Å². The predicted octanol–water partition coefficient (Wildman–Crippen LogP) is 1.55. The number of hydrogen-bond donors (Lipinski definition) is 0. The molecule has 1 aromatic heterocycles. The normalized spacial score (nSPS) is 10.5. The van der Waals surface area contributed by atoms with E-state index in [9.17, 15) is 14.4 Å². The third-order valence-corrected chi connectivity index (χ3v) is 2.58. The molecular weight excluding hydrogens is 264 g/mol. The van der Waals surface area contributed by atoms with Gasteiger partial charge in [-0.15, -0.1) is 0 Å². The van der Waals surface area contributed by atoms with Crippen LogP contribution in [0.1, 0.15) is 17.3 Å². The van der Waals surface area contributed by atoms with Crippen LogP contribution in [0.25, 0.3) is 11.0 Å². The largest absolute Gasteiger partial charge is 0.425 e. The molecule has 6 heteroatoms. The number of rotatable bonds is 4. The minimum Gasteiger partial charge on any atom is -0.425 e.